The zero-order valence-corrected chi connectivity index (χ0v) is 44.1. The van der Waals surface area contributed by atoms with E-state index in [9.17, 15) is 19.4 Å². The van der Waals surface area contributed by atoms with Gasteiger partial charge in [0.15, 0.2) is 0 Å². The van der Waals surface area contributed by atoms with Crippen molar-refractivity contribution in [1.82, 2.24) is 0 Å². The summed E-state index contributed by atoms with van der Waals surface area (Å²) in [5, 5.41) is 18.5. The minimum absolute atomic E-state index is 0.0591. The number of aliphatic hydroxyl groups excluding tert-OH is 2. The van der Waals surface area contributed by atoms with Gasteiger partial charge in [0.1, 0.15) is 12.2 Å². The van der Waals surface area contributed by atoms with E-state index in [-0.39, 0.29) is 25.6 Å². The monoisotopic (exact) mass is 947 g/mol. The number of aliphatic hydroxyl groups is 2. The van der Waals surface area contributed by atoms with Crippen LogP contribution in [0.3, 0.4) is 0 Å². The highest BCUT2D eigenvalue weighted by Gasteiger charge is 2.26. The zero-order valence-electron chi connectivity index (χ0n) is 43.2. The van der Waals surface area contributed by atoms with E-state index in [0.717, 1.165) is 32.1 Å². The van der Waals surface area contributed by atoms with Crippen LogP contribution in [0.25, 0.3) is 0 Å². The summed E-state index contributed by atoms with van der Waals surface area (Å²) >= 11 is 0. The van der Waals surface area contributed by atoms with Gasteiger partial charge in [-0.3, -0.25) is 13.8 Å². The standard InChI is InChI=1S/C55H111O9P/c1-3-5-7-9-11-13-15-17-19-21-23-25-26-27-28-30-32-34-36-38-40-42-44-46-48-61-51-54(52-63-65(59,60)62-50-53(57)49-56)64-55(58)47-45-43-41-39-37-35-33-31-29-24-22-20-18-16-14-12-10-8-6-4-2/h53-54,56-57H,3-52H2,1-2H3,(H,59,60). The number of unbranched alkanes of at least 4 members (excludes halogenated alkanes) is 42. The molecule has 0 aliphatic carbocycles. The van der Waals surface area contributed by atoms with E-state index in [4.69, 9.17) is 23.6 Å². The first-order valence-corrected chi connectivity index (χ1v) is 30.0. The Bertz CT molecular complexity index is 985. The molecule has 9 nitrogen and oxygen atoms in total. The molecule has 0 rings (SSSR count). The molecule has 0 aromatic rings. The lowest BCUT2D eigenvalue weighted by molar-refractivity contribution is -0.154. The number of carbonyl (C=O) groups excluding carboxylic acids is 1. The molecule has 390 valence electrons. The Kier molecular flexibility index (Phi) is 52.4. The normalized spacial score (nSPS) is 13.6. The first-order valence-electron chi connectivity index (χ1n) is 28.5. The van der Waals surface area contributed by atoms with Crippen molar-refractivity contribution in [3.63, 3.8) is 0 Å². The Balaban J connectivity index is 3.94. The lowest BCUT2D eigenvalue weighted by Crippen LogP contribution is -2.29. The molecule has 0 aliphatic heterocycles. The quantitative estimate of drug-likeness (QED) is 0.0310. The number of carbonyl (C=O) groups is 1. The fourth-order valence-corrected chi connectivity index (χ4v) is 9.50. The molecule has 0 saturated carbocycles. The molecule has 65 heavy (non-hydrogen) atoms. The summed E-state index contributed by atoms with van der Waals surface area (Å²) in [6, 6.07) is 0. The van der Waals surface area contributed by atoms with Crippen LogP contribution in [0.4, 0.5) is 0 Å². The molecule has 0 aromatic heterocycles. The number of phosphoric ester groups is 1. The lowest BCUT2D eigenvalue weighted by atomic mass is 10.0. The molecular formula is C55H111O9P. The number of ether oxygens (including phenoxy) is 2. The van der Waals surface area contributed by atoms with Gasteiger partial charge in [-0.2, -0.15) is 0 Å². The van der Waals surface area contributed by atoms with Gasteiger partial charge in [0, 0.05) is 13.0 Å². The number of phosphoric acid groups is 1. The molecular weight excluding hydrogens is 836 g/mol. The minimum atomic E-state index is -4.52. The number of rotatable bonds is 56. The highest BCUT2D eigenvalue weighted by Crippen LogP contribution is 2.43. The summed E-state index contributed by atoms with van der Waals surface area (Å²) < 4.78 is 33.6. The Morgan fingerprint density at radius 3 is 1.00 bits per heavy atom. The SMILES string of the molecule is CCCCCCCCCCCCCCCCCCCCCCCCCCOCC(COP(=O)(O)OCC(O)CO)OC(=O)CCCCCCCCCCCCCCCCCCCCCC. The van der Waals surface area contributed by atoms with Crippen LogP contribution >= 0.6 is 7.82 Å². The molecule has 3 N–H and O–H groups in total. The van der Waals surface area contributed by atoms with Crippen molar-refractivity contribution >= 4 is 13.8 Å². The first-order chi connectivity index (χ1) is 31.8. The fraction of sp³-hybridized carbons (Fsp3) is 0.982. The fourth-order valence-electron chi connectivity index (χ4n) is 8.71. The molecule has 3 unspecified atom stereocenters. The van der Waals surface area contributed by atoms with Crippen molar-refractivity contribution in [3.8, 4) is 0 Å². The highest BCUT2D eigenvalue weighted by atomic mass is 31.2. The smallest absolute Gasteiger partial charge is 0.457 e. The first kappa shape index (κ1) is 64.5. The van der Waals surface area contributed by atoms with E-state index in [2.05, 4.69) is 13.8 Å². The average molecular weight is 947 g/mol. The van der Waals surface area contributed by atoms with Gasteiger partial charge in [0.05, 0.1) is 26.4 Å². The molecule has 0 radical (unpaired) electrons. The minimum Gasteiger partial charge on any atom is -0.457 e. The number of hydrogen-bond acceptors (Lipinski definition) is 8. The molecule has 3 atom stereocenters. The van der Waals surface area contributed by atoms with E-state index >= 15 is 0 Å². The Morgan fingerprint density at radius 1 is 0.415 bits per heavy atom. The Hall–Kier alpha value is -0.540. The van der Waals surface area contributed by atoms with Crippen LogP contribution in [0.1, 0.15) is 303 Å². The second-order valence-corrected chi connectivity index (χ2v) is 21.1. The Morgan fingerprint density at radius 2 is 0.692 bits per heavy atom. The van der Waals surface area contributed by atoms with E-state index in [1.165, 1.54) is 250 Å². The summed E-state index contributed by atoms with van der Waals surface area (Å²) in [5.74, 6) is -0.371. The van der Waals surface area contributed by atoms with Gasteiger partial charge in [0.2, 0.25) is 0 Å². The third kappa shape index (κ3) is 52.7. The number of hydrogen-bond donors (Lipinski definition) is 3. The molecule has 0 amide bonds. The van der Waals surface area contributed by atoms with Gasteiger partial charge in [-0.15, -0.1) is 0 Å². The molecule has 0 bridgehead atoms. The summed E-state index contributed by atoms with van der Waals surface area (Å²) in [6.07, 6.45) is 56.6. The average Bonchev–Trinajstić information content (AvgIpc) is 3.30. The van der Waals surface area contributed by atoms with E-state index in [0.29, 0.717) is 6.61 Å². The van der Waals surface area contributed by atoms with Crippen LogP contribution in [0.2, 0.25) is 0 Å². The molecule has 10 heteroatoms. The third-order valence-corrected chi connectivity index (χ3v) is 14.0. The maximum Gasteiger partial charge on any atom is 0.472 e. The topological polar surface area (TPSA) is 132 Å². The second-order valence-electron chi connectivity index (χ2n) is 19.7. The zero-order chi connectivity index (χ0) is 47.4. The van der Waals surface area contributed by atoms with Crippen LogP contribution < -0.4 is 0 Å². The maximum absolute atomic E-state index is 12.7. The molecule has 0 fully saturated rings. The largest absolute Gasteiger partial charge is 0.472 e. The molecule has 0 saturated heterocycles. The highest BCUT2D eigenvalue weighted by molar-refractivity contribution is 7.47. The second kappa shape index (κ2) is 52.8. The predicted octanol–water partition coefficient (Wildman–Crippen LogP) is 17.0. The summed E-state index contributed by atoms with van der Waals surface area (Å²) in [7, 11) is -4.52. The van der Waals surface area contributed by atoms with Gasteiger partial charge in [0.25, 0.3) is 0 Å². The van der Waals surface area contributed by atoms with Crippen LogP contribution in [0.5, 0.6) is 0 Å². The molecule has 0 aromatic carbocycles. The molecule has 0 spiro atoms. The van der Waals surface area contributed by atoms with Crippen molar-refractivity contribution in [2.75, 3.05) is 33.0 Å². The van der Waals surface area contributed by atoms with Crippen LogP contribution in [0.15, 0.2) is 0 Å². The predicted molar refractivity (Wildman–Crippen MR) is 275 cm³/mol. The van der Waals surface area contributed by atoms with Gasteiger partial charge in [-0.05, 0) is 12.8 Å². The van der Waals surface area contributed by atoms with Crippen LogP contribution in [-0.4, -0.2) is 66.3 Å². The van der Waals surface area contributed by atoms with Crippen molar-refractivity contribution in [2.45, 2.75) is 315 Å². The van der Waals surface area contributed by atoms with Crippen molar-refractivity contribution in [3.05, 3.63) is 0 Å². The van der Waals surface area contributed by atoms with Gasteiger partial charge < -0.3 is 24.6 Å². The van der Waals surface area contributed by atoms with Crippen molar-refractivity contribution in [2.24, 2.45) is 0 Å². The van der Waals surface area contributed by atoms with Crippen molar-refractivity contribution < 1.29 is 43.0 Å². The molecule has 0 aliphatic rings. The lowest BCUT2D eigenvalue weighted by Gasteiger charge is -2.20. The third-order valence-electron chi connectivity index (χ3n) is 13.0. The van der Waals surface area contributed by atoms with Crippen LogP contribution in [-0.2, 0) is 27.9 Å². The summed E-state index contributed by atoms with van der Waals surface area (Å²) in [4.78, 5) is 22.7. The van der Waals surface area contributed by atoms with Gasteiger partial charge >= 0.3 is 13.8 Å². The molecule has 0 heterocycles. The number of esters is 1. The summed E-state index contributed by atoms with van der Waals surface area (Å²) in [6.45, 7) is 3.62. The van der Waals surface area contributed by atoms with Gasteiger partial charge in [-0.25, -0.2) is 4.57 Å². The van der Waals surface area contributed by atoms with E-state index in [1.54, 1.807) is 0 Å². The van der Waals surface area contributed by atoms with E-state index in [1.807, 2.05) is 0 Å². The van der Waals surface area contributed by atoms with Crippen molar-refractivity contribution in [1.29, 1.82) is 0 Å². The van der Waals surface area contributed by atoms with Crippen LogP contribution in [0, 0.1) is 0 Å². The van der Waals surface area contributed by atoms with Gasteiger partial charge in [-0.1, -0.05) is 284 Å². The summed E-state index contributed by atoms with van der Waals surface area (Å²) in [5.41, 5.74) is 0. The maximum atomic E-state index is 12.7. The Labute approximate surface area is 403 Å². The van der Waals surface area contributed by atoms with E-state index < -0.39 is 33.2 Å².